The van der Waals surface area contributed by atoms with E-state index < -0.39 is 12.1 Å². The molecule has 1 aromatic heterocycles. The number of imidazole rings is 1. The molecule has 2 aromatic carbocycles. The molecule has 172 valence electrons. The average molecular weight is 447 g/mol. The lowest BCUT2D eigenvalue weighted by Crippen LogP contribution is -2.42. The van der Waals surface area contributed by atoms with Crippen LogP contribution in [0.2, 0.25) is 0 Å². The second-order valence-corrected chi connectivity index (χ2v) is 8.63. The molecule has 2 N–H and O–H groups in total. The van der Waals surface area contributed by atoms with Crippen LogP contribution in [0.5, 0.6) is 0 Å². The maximum Gasteiger partial charge on any atom is 0.407 e. The number of H-pyrrole nitrogens is 1. The van der Waals surface area contributed by atoms with Crippen LogP contribution in [0.3, 0.4) is 0 Å². The third-order valence-electron chi connectivity index (χ3n) is 6.16. The van der Waals surface area contributed by atoms with E-state index in [0.717, 1.165) is 29.9 Å². The normalized spacial score (nSPS) is 16.6. The number of hydrogen-bond acceptors (Lipinski definition) is 4. The fraction of sp³-hybridized carbons (Fsp3) is 0.346. The highest BCUT2D eigenvalue weighted by molar-refractivity contribution is 5.87. The summed E-state index contributed by atoms with van der Waals surface area (Å²) in [4.78, 5) is 35.4. The van der Waals surface area contributed by atoms with E-state index in [1.807, 2.05) is 36.5 Å². The Labute approximate surface area is 194 Å². The van der Waals surface area contributed by atoms with Crippen LogP contribution in [0, 0.1) is 0 Å². The molecule has 7 nitrogen and oxygen atoms in total. The van der Waals surface area contributed by atoms with E-state index >= 15 is 0 Å². The molecule has 0 radical (unpaired) electrons. The molecule has 2 unspecified atom stereocenters. The Kier molecular flexibility index (Phi) is 6.77. The lowest BCUT2D eigenvalue weighted by Gasteiger charge is -2.28. The van der Waals surface area contributed by atoms with Gasteiger partial charge in [0, 0.05) is 6.54 Å². The molecule has 2 amide bonds. The summed E-state index contributed by atoms with van der Waals surface area (Å²) >= 11 is 0. The summed E-state index contributed by atoms with van der Waals surface area (Å²) in [7, 11) is 1.29. The van der Waals surface area contributed by atoms with Gasteiger partial charge in [-0.05, 0) is 35.4 Å². The highest BCUT2D eigenvalue weighted by atomic mass is 16.5. The number of rotatable bonds is 6. The minimum atomic E-state index is -0.822. The molecule has 0 saturated carbocycles. The summed E-state index contributed by atoms with van der Waals surface area (Å²) < 4.78 is 4.76. The summed E-state index contributed by atoms with van der Waals surface area (Å²) in [6, 6.07) is 16.7. The first-order valence-corrected chi connectivity index (χ1v) is 11.3. The van der Waals surface area contributed by atoms with Gasteiger partial charge in [0.15, 0.2) is 0 Å². The van der Waals surface area contributed by atoms with E-state index in [1.165, 1.54) is 12.7 Å². The number of carbonyl (C=O) groups excluding carboxylic acids is 2. The van der Waals surface area contributed by atoms with Crippen LogP contribution >= 0.6 is 0 Å². The van der Waals surface area contributed by atoms with Crippen molar-refractivity contribution in [3.05, 3.63) is 77.7 Å². The zero-order chi connectivity index (χ0) is 23.4. The maximum atomic E-state index is 13.6. The van der Waals surface area contributed by atoms with Crippen LogP contribution in [0.25, 0.3) is 11.3 Å². The van der Waals surface area contributed by atoms with Crippen molar-refractivity contribution < 1.29 is 14.3 Å². The predicted octanol–water partition coefficient (Wildman–Crippen LogP) is 4.96. The van der Waals surface area contributed by atoms with Crippen molar-refractivity contribution >= 4 is 12.0 Å². The van der Waals surface area contributed by atoms with Crippen LogP contribution in [0.15, 0.2) is 60.8 Å². The Hall–Kier alpha value is -3.61. The van der Waals surface area contributed by atoms with Gasteiger partial charge in [-0.2, -0.15) is 0 Å². The van der Waals surface area contributed by atoms with Crippen LogP contribution in [0.4, 0.5) is 4.79 Å². The van der Waals surface area contributed by atoms with Gasteiger partial charge in [0.05, 0.1) is 25.0 Å². The van der Waals surface area contributed by atoms with E-state index in [1.54, 1.807) is 4.90 Å². The SMILES string of the molecule is COC(=O)NC(C(=O)N1CCCC1c1ncc(-c2ccc(C(C)C)cc2)[nH]1)c1ccccc1. The summed E-state index contributed by atoms with van der Waals surface area (Å²) in [5.41, 5.74) is 3.98. The monoisotopic (exact) mass is 446 g/mol. The molecule has 4 rings (SSSR count). The number of carbonyl (C=O) groups is 2. The molecule has 7 heteroatoms. The van der Waals surface area contributed by atoms with Crippen molar-refractivity contribution in [2.24, 2.45) is 0 Å². The van der Waals surface area contributed by atoms with Gasteiger partial charge in [0.1, 0.15) is 11.9 Å². The number of likely N-dealkylation sites (tertiary alicyclic amines) is 1. The average Bonchev–Trinajstić information content (AvgIpc) is 3.52. The Morgan fingerprint density at radius 2 is 1.82 bits per heavy atom. The van der Waals surface area contributed by atoms with Crippen molar-refractivity contribution in [2.75, 3.05) is 13.7 Å². The molecule has 0 bridgehead atoms. The Bertz CT molecular complexity index is 1090. The zero-order valence-corrected chi connectivity index (χ0v) is 19.2. The quantitative estimate of drug-likeness (QED) is 0.560. The molecule has 1 fully saturated rings. The maximum absolute atomic E-state index is 13.6. The zero-order valence-electron chi connectivity index (χ0n) is 19.2. The Morgan fingerprint density at radius 1 is 1.09 bits per heavy atom. The molecular formula is C26H30N4O3. The summed E-state index contributed by atoms with van der Waals surface area (Å²) in [6.07, 6.45) is 2.86. The van der Waals surface area contributed by atoms with Gasteiger partial charge >= 0.3 is 6.09 Å². The smallest absolute Gasteiger partial charge is 0.407 e. The number of benzene rings is 2. The number of ether oxygens (including phenoxy) is 1. The number of aromatic amines is 1. The molecule has 1 saturated heterocycles. The largest absolute Gasteiger partial charge is 0.453 e. The van der Waals surface area contributed by atoms with Gasteiger partial charge in [-0.1, -0.05) is 68.4 Å². The van der Waals surface area contributed by atoms with Crippen molar-refractivity contribution in [1.82, 2.24) is 20.2 Å². The van der Waals surface area contributed by atoms with Gasteiger partial charge in [-0.25, -0.2) is 9.78 Å². The summed E-state index contributed by atoms with van der Waals surface area (Å²) in [6.45, 7) is 4.95. The molecule has 1 aliphatic rings. The van der Waals surface area contributed by atoms with Crippen molar-refractivity contribution in [1.29, 1.82) is 0 Å². The first kappa shape index (κ1) is 22.6. The number of alkyl carbamates (subject to hydrolysis) is 1. The molecule has 2 atom stereocenters. The summed E-state index contributed by atoms with van der Waals surface area (Å²) in [5, 5.41) is 2.69. The Morgan fingerprint density at radius 3 is 2.48 bits per heavy atom. The topological polar surface area (TPSA) is 87.3 Å². The van der Waals surface area contributed by atoms with Gasteiger partial charge < -0.3 is 19.9 Å². The van der Waals surface area contributed by atoms with Gasteiger partial charge in [-0.3, -0.25) is 4.79 Å². The van der Waals surface area contributed by atoms with Crippen molar-refractivity contribution in [3.63, 3.8) is 0 Å². The van der Waals surface area contributed by atoms with Gasteiger partial charge in [0.2, 0.25) is 0 Å². The number of aromatic nitrogens is 2. The molecular weight excluding hydrogens is 416 g/mol. The van der Waals surface area contributed by atoms with E-state index in [9.17, 15) is 9.59 Å². The highest BCUT2D eigenvalue weighted by Gasteiger charge is 2.37. The fourth-order valence-electron chi connectivity index (χ4n) is 4.29. The van der Waals surface area contributed by atoms with Crippen molar-refractivity contribution in [3.8, 4) is 11.3 Å². The second-order valence-electron chi connectivity index (χ2n) is 8.63. The molecule has 2 heterocycles. The lowest BCUT2D eigenvalue weighted by molar-refractivity contribution is -0.134. The van der Waals surface area contributed by atoms with Crippen molar-refractivity contribution in [2.45, 2.75) is 44.7 Å². The third-order valence-corrected chi connectivity index (χ3v) is 6.16. The van der Waals surface area contributed by atoms with Crippen LogP contribution in [-0.2, 0) is 9.53 Å². The minimum absolute atomic E-state index is 0.173. The number of nitrogens with one attached hydrogen (secondary N) is 2. The van der Waals surface area contributed by atoms with E-state index in [-0.39, 0.29) is 11.9 Å². The second kappa shape index (κ2) is 9.90. The Balaban J connectivity index is 1.57. The highest BCUT2D eigenvalue weighted by Crippen LogP contribution is 2.34. The third kappa shape index (κ3) is 4.92. The van der Waals surface area contributed by atoms with E-state index in [0.29, 0.717) is 18.0 Å². The minimum Gasteiger partial charge on any atom is -0.453 e. The molecule has 3 aromatic rings. The molecule has 33 heavy (non-hydrogen) atoms. The fourth-order valence-corrected chi connectivity index (χ4v) is 4.29. The van der Waals surface area contributed by atoms with Gasteiger partial charge in [-0.15, -0.1) is 0 Å². The first-order valence-electron chi connectivity index (χ1n) is 11.3. The van der Waals surface area contributed by atoms with Crippen LogP contribution in [-0.4, -0.2) is 40.5 Å². The summed E-state index contributed by atoms with van der Waals surface area (Å²) in [5.74, 6) is 1.06. The first-order chi connectivity index (χ1) is 16.0. The standard InChI is InChI=1S/C26H30N4O3/c1-17(2)18-11-13-19(14-12-18)21-16-27-24(28-21)22-10-7-15-30(22)25(31)23(29-26(32)33-3)20-8-5-4-6-9-20/h4-6,8-9,11-14,16-17,22-23H,7,10,15H2,1-3H3,(H,27,28)(H,29,32). The van der Waals surface area contributed by atoms with Crippen LogP contribution < -0.4 is 5.32 Å². The van der Waals surface area contributed by atoms with E-state index in [4.69, 9.17) is 4.74 Å². The lowest BCUT2D eigenvalue weighted by atomic mass is 10.0. The number of methoxy groups -OCH3 is 1. The van der Waals surface area contributed by atoms with Crippen LogP contribution in [0.1, 0.15) is 61.6 Å². The number of amides is 2. The number of hydrogen-bond donors (Lipinski definition) is 2. The molecule has 1 aliphatic heterocycles. The molecule has 0 spiro atoms. The molecule has 0 aliphatic carbocycles. The van der Waals surface area contributed by atoms with Gasteiger partial charge in [0.25, 0.3) is 5.91 Å². The van der Waals surface area contributed by atoms with E-state index in [2.05, 4.69) is 53.4 Å². The predicted molar refractivity (Wildman–Crippen MR) is 127 cm³/mol. The number of nitrogens with zero attached hydrogens (tertiary/aromatic N) is 2.